The van der Waals surface area contributed by atoms with Crippen molar-refractivity contribution in [2.75, 3.05) is 6.61 Å². The van der Waals surface area contributed by atoms with Crippen LogP contribution in [0.15, 0.2) is 6.20 Å². The van der Waals surface area contributed by atoms with Crippen molar-refractivity contribution in [3.05, 3.63) is 17.5 Å². The standard InChI is InChI=1S/C11H16N2O2/c14-8-3-4-15-10(5-8)9-6-12-13-11(9)7-1-2-7/h6-8,10,14H,1-5H2,(H,12,13)/t8-,10+/m0/s1. The second-order valence-electron chi connectivity index (χ2n) is 4.54. The van der Waals surface area contributed by atoms with Crippen molar-refractivity contribution in [3.63, 3.8) is 0 Å². The van der Waals surface area contributed by atoms with Crippen LogP contribution in [-0.4, -0.2) is 28.0 Å². The molecule has 0 radical (unpaired) electrons. The van der Waals surface area contributed by atoms with Crippen LogP contribution in [0.25, 0.3) is 0 Å². The highest BCUT2D eigenvalue weighted by Crippen LogP contribution is 2.43. The molecule has 2 N–H and O–H groups in total. The largest absolute Gasteiger partial charge is 0.393 e. The van der Waals surface area contributed by atoms with Gasteiger partial charge in [0, 0.05) is 30.7 Å². The zero-order chi connectivity index (χ0) is 10.3. The summed E-state index contributed by atoms with van der Waals surface area (Å²) in [5, 5.41) is 16.8. The van der Waals surface area contributed by atoms with E-state index in [9.17, 15) is 5.11 Å². The number of rotatable bonds is 2. The number of aliphatic hydroxyl groups excluding tert-OH is 1. The topological polar surface area (TPSA) is 58.1 Å². The van der Waals surface area contributed by atoms with Crippen molar-refractivity contribution in [1.29, 1.82) is 0 Å². The molecule has 2 fully saturated rings. The van der Waals surface area contributed by atoms with Crippen molar-refractivity contribution < 1.29 is 9.84 Å². The van der Waals surface area contributed by atoms with Gasteiger partial charge in [0.15, 0.2) is 0 Å². The molecule has 1 saturated heterocycles. The summed E-state index contributed by atoms with van der Waals surface area (Å²) < 4.78 is 5.69. The monoisotopic (exact) mass is 208 g/mol. The minimum absolute atomic E-state index is 0.0445. The van der Waals surface area contributed by atoms with Gasteiger partial charge in [0.25, 0.3) is 0 Å². The summed E-state index contributed by atoms with van der Waals surface area (Å²) in [6, 6.07) is 0. The quantitative estimate of drug-likeness (QED) is 0.774. The van der Waals surface area contributed by atoms with Crippen LogP contribution >= 0.6 is 0 Å². The molecule has 1 aromatic rings. The summed E-state index contributed by atoms with van der Waals surface area (Å²) >= 11 is 0. The molecule has 0 unspecified atom stereocenters. The Morgan fingerprint density at radius 2 is 2.27 bits per heavy atom. The van der Waals surface area contributed by atoms with Gasteiger partial charge in [-0.2, -0.15) is 5.10 Å². The molecule has 0 amide bonds. The Kier molecular flexibility index (Phi) is 2.25. The van der Waals surface area contributed by atoms with Crippen LogP contribution in [-0.2, 0) is 4.74 Å². The van der Waals surface area contributed by atoms with Gasteiger partial charge in [0.05, 0.1) is 17.9 Å². The number of ether oxygens (including phenoxy) is 1. The van der Waals surface area contributed by atoms with Gasteiger partial charge in [0.2, 0.25) is 0 Å². The van der Waals surface area contributed by atoms with Crippen LogP contribution in [0.1, 0.15) is 49.0 Å². The molecule has 15 heavy (non-hydrogen) atoms. The summed E-state index contributed by atoms with van der Waals surface area (Å²) in [7, 11) is 0. The van der Waals surface area contributed by atoms with Gasteiger partial charge in [-0.15, -0.1) is 0 Å². The summed E-state index contributed by atoms with van der Waals surface area (Å²) in [4.78, 5) is 0. The Morgan fingerprint density at radius 1 is 1.40 bits per heavy atom. The van der Waals surface area contributed by atoms with Crippen LogP contribution in [0, 0.1) is 0 Å². The molecular weight excluding hydrogens is 192 g/mol. The van der Waals surface area contributed by atoms with Gasteiger partial charge < -0.3 is 9.84 Å². The third kappa shape index (κ3) is 1.79. The molecule has 82 valence electrons. The normalized spacial score (nSPS) is 31.8. The number of hydrogen-bond donors (Lipinski definition) is 2. The smallest absolute Gasteiger partial charge is 0.0882 e. The predicted octanol–water partition coefficient (Wildman–Crippen LogP) is 1.50. The third-order valence-corrected chi connectivity index (χ3v) is 3.27. The molecule has 2 aliphatic rings. The first-order chi connectivity index (χ1) is 7.34. The molecule has 1 aliphatic heterocycles. The van der Waals surface area contributed by atoms with Gasteiger partial charge in [-0.3, -0.25) is 5.10 Å². The summed E-state index contributed by atoms with van der Waals surface area (Å²) in [5.74, 6) is 0.633. The molecule has 0 spiro atoms. The highest BCUT2D eigenvalue weighted by atomic mass is 16.5. The van der Waals surface area contributed by atoms with Crippen molar-refractivity contribution >= 4 is 0 Å². The zero-order valence-electron chi connectivity index (χ0n) is 8.65. The number of hydrogen-bond acceptors (Lipinski definition) is 3. The number of nitrogens with one attached hydrogen (secondary N) is 1. The average molecular weight is 208 g/mol. The fraction of sp³-hybridized carbons (Fsp3) is 0.727. The summed E-state index contributed by atoms with van der Waals surface area (Å²) in [5.41, 5.74) is 2.32. The first kappa shape index (κ1) is 9.36. The van der Waals surface area contributed by atoms with Gasteiger partial charge in [0.1, 0.15) is 0 Å². The molecule has 4 heteroatoms. The molecule has 0 aromatic carbocycles. The van der Waals surface area contributed by atoms with E-state index in [0.29, 0.717) is 18.9 Å². The molecule has 3 rings (SSSR count). The van der Waals surface area contributed by atoms with E-state index in [1.54, 1.807) is 0 Å². The molecule has 0 bridgehead atoms. The van der Waals surface area contributed by atoms with E-state index < -0.39 is 0 Å². The van der Waals surface area contributed by atoms with E-state index >= 15 is 0 Å². The molecular formula is C11H16N2O2. The Hall–Kier alpha value is -0.870. The summed E-state index contributed by atoms with van der Waals surface area (Å²) in [6.07, 6.45) is 5.71. The highest BCUT2D eigenvalue weighted by Gasteiger charge is 2.33. The minimum atomic E-state index is -0.217. The van der Waals surface area contributed by atoms with Crippen molar-refractivity contribution in [2.45, 2.75) is 43.8 Å². The van der Waals surface area contributed by atoms with Gasteiger partial charge in [-0.05, 0) is 19.3 Å². The second kappa shape index (κ2) is 3.61. The van der Waals surface area contributed by atoms with Crippen LogP contribution in [0.4, 0.5) is 0 Å². The predicted molar refractivity (Wildman–Crippen MR) is 54.5 cm³/mol. The maximum atomic E-state index is 9.61. The molecule has 1 aromatic heterocycles. The average Bonchev–Trinajstić information content (AvgIpc) is 2.96. The molecule has 2 atom stereocenters. The number of H-pyrrole nitrogens is 1. The number of aliphatic hydroxyl groups is 1. The van der Waals surface area contributed by atoms with E-state index in [-0.39, 0.29) is 12.2 Å². The van der Waals surface area contributed by atoms with E-state index in [2.05, 4.69) is 10.2 Å². The Balaban J connectivity index is 1.81. The van der Waals surface area contributed by atoms with Crippen molar-refractivity contribution in [1.82, 2.24) is 10.2 Å². The molecule has 1 saturated carbocycles. The second-order valence-corrected chi connectivity index (χ2v) is 4.54. The number of nitrogens with zero attached hydrogens (tertiary/aromatic N) is 1. The molecule has 1 aliphatic carbocycles. The molecule has 2 heterocycles. The minimum Gasteiger partial charge on any atom is -0.393 e. The maximum absolute atomic E-state index is 9.61. The van der Waals surface area contributed by atoms with Gasteiger partial charge >= 0.3 is 0 Å². The lowest BCUT2D eigenvalue weighted by Crippen LogP contribution is -2.23. The first-order valence-corrected chi connectivity index (χ1v) is 5.68. The van der Waals surface area contributed by atoms with E-state index in [0.717, 1.165) is 17.7 Å². The third-order valence-electron chi connectivity index (χ3n) is 3.27. The Bertz CT molecular complexity index is 346. The van der Waals surface area contributed by atoms with Crippen LogP contribution in [0.5, 0.6) is 0 Å². The van der Waals surface area contributed by atoms with Crippen LogP contribution < -0.4 is 0 Å². The van der Waals surface area contributed by atoms with Crippen LogP contribution in [0.3, 0.4) is 0 Å². The maximum Gasteiger partial charge on any atom is 0.0882 e. The first-order valence-electron chi connectivity index (χ1n) is 5.68. The van der Waals surface area contributed by atoms with Crippen LogP contribution in [0.2, 0.25) is 0 Å². The van der Waals surface area contributed by atoms with E-state index in [1.807, 2.05) is 6.20 Å². The van der Waals surface area contributed by atoms with E-state index in [1.165, 1.54) is 12.8 Å². The zero-order valence-corrected chi connectivity index (χ0v) is 8.65. The highest BCUT2D eigenvalue weighted by molar-refractivity contribution is 5.26. The molecule has 4 nitrogen and oxygen atoms in total. The van der Waals surface area contributed by atoms with Crippen molar-refractivity contribution in [3.8, 4) is 0 Å². The fourth-order valence-electron chi connectivity index (χ4n) is 2.25. The Labute approximate surface area is 88.6 Å². The lowest BCUT2D eigenvalue weighted by Gasteiger charge is -2.26. The summed E-state index contributed by atoms with van der Waals surface area (Å²) in [6.45, 7) is 0.654. The van der Waals surface area contributed by atoms with E-state index in [4.69, 9.17) is 4.74 Å². The number of aromatic amines is 1. The lowest BCUT2D eigenvalue weighted by atomic mass is 9.98. The van der Waals surface area contributed by atoms with Gasteiger partial charge in [-0.25, -0.2) is 0 Å². The van der Waals surface area contributed by atoms with Crippen molar-refractivity contribution in [2.24, 2.45) is 0 Å². The lowest BCUT2D eigenvalue weighted by molar-refractivity contribution is -0.0451. The van der Waals surface area contributed by atoms with Gasteiger partial charge in [-0.1, -0.05) is 0 Å². The Morgan fingerprint density at radius 3 is 3.00 bits per heavy atom. The number of aromatic nitrogens is 2. The fourth-order valence-corrected chi connectivity index (χ4v) is 2.25. The SMILES string of the molecule is O[C@H]1CCO[C@@H](c2c[nH]nc2C2CC2)C1.